The van der Waals surface area contributed by atoms with Crippen molar-refractivity contribution in [1.29, 1.82) is 0 Å². The van der Waals surface area contributed by atoms with Crippen LogP contribution in [0, 0.1) is 0 Å². The Kier molecular flexibility index (Phi) is 13.7. The number of ether oxygens (including phenoxy) is 2. The summed E-state index contributed by atoms with van der Waals surface area (Å²) in [4.78, 5) is 12.4. The van der Waals surface area contributed by atoms with E-state index in [4.69, 9.17) is 19.9 Å². The molecule has 0 saturated carbocycles. The van der Waals surface area contributed by atoms with E-state index in [9.17, 15) is 9.90 Å². The van der Waals surface area contributed by atoms with Gasteiger partial charge in [0.2, 0.25) is 0 Å². The average molecular weight is 417 g/mol. The molecule has 0 amide bonds. The number of unbranched alkanes of at least 4 members (excludes halogenated alkanes) is 3. The molecule has 2 rings (SSSR count). The van der Waals surface area contributed by atoms with Crippen LogP contribution >= 0.6 is 11.8 Å². The van der Waals surface area contributed by atoms with Gasteiger partial charge in [0.05, 0.1) is 13.2 Å². The molecule has 1 heterocycles. The maximum absolute atomic E-state index is 11.5. The molecule has 0 aromatic heterocycles. The fraction of sp³-hybridized carbons (Fsp3) is 0.632. The van der Waals surface area contributed by atoms with Crippen LogP contribution in [0.1, 0.15) is 44.9 Å². The van der Waals surface area contributed by atoms with Crippen molar-refractivity contribution in [2.45, 2.75) is 61.2 Å². The average Bonchev–Trinajstić information content (AvgIpc) is 2.73. The molecule has 0 radical (unpaired) electrons. The minimum absolute atomic E-state index is 0.204. The second kappa shape index (κ2) is 15.5. The highest BCUT2D eigenvalue weighted by Gasteiger charge is 2.19. The summed E-state index contributed by atoms with van der Waals surface area (Å²) >= 11 is 1.39. The Morgan fingerprint density at radius 2 is 1.82 bits per heavy atom. The summed E-state index contributed by atoms with van der Waals surface area (Å²) in [5.74, 6) is 3.56. The number of carbonyl (C=O) groups is 1. The normalized spacial score (nSPS) is 15.4. The second-order valence-electron chi connectivity index (χ2n) is 6.46. The van der Waals surface area contributed by atoms with Gasteiger partial charge in [-0.2, -0.15) is 0 Å². The zero-order chi connectivity index (χ0) is 20.6. The number of benzene rings is 1. The van der Waals surface area contributed by atoms with Gasteiger partial charge >= 0.3 is 5.97 Å². The summed E-state index contributed by atoms with van der Waals surface area (Å²) in [6.07, 6.45) is 6.41. The zero-order valence-electron chi connectivity index (χ0n) is 16.1. The van der Waals surface area contributed by atoms with Gasteiger partial charge in [-0.1, -0.05) is 19.3 Å². The highest BCUT2D eigenvalue weighted by Crippen LogP contribution is 2.29. The van der Waals surface area contributed by atoms with E-state index in [0.29, 0.717) is 13.0 Å². The van der Waals surface area contributed by atoms with Crippen molar-refractivity contribution in [3.8, 4) is 5.75 Å². The van der Waals surface area contributed by atoms with E-state index in [2.05, 4.69) is 11.4 Å². The highest BCUT2D eigenvalue weighted by molar-refractivity contribution is 8.00. The number of carboxylic acids is 1. The van der Waals surface area contributed by atoms with Crippen molar-refractivity contribution < 1.29 is 29.8 Å². The molecular formula is C19H32N2O6S. The molecule has 8 nitrogen and oxygen atoms in total. The van der Waals surface area contributed by atoms with E-state index >= 15 is 0 Å². The predicted molar refractivity (Wildman–Crippen MR) is 107 cm³/mol. The Morgan fingerprint density at radius 3 is 2.43 bits per heavy atom. The molecule has 1 fully saturated rings. The first kappa shape index (κ1) is 24.7. The van der Waals surface area contributed by atoms with Crippen LogP contribution in [-0.2, 0) is 9.53 Å². The van der Waals surface area contributed by atoms with Gasteiger partial charge in [0.15, 0.2) is 0 Å². The van der Waals surface area contributed by atoms with Gasteiger partial charge in [-0.15, -0.1) is 11.8 Å². The molecule has 1 aromatic carbocycles. The lowest BCUT2D eigenvalue weighted by molar-refractivity contribution is -0.136. The fourth-order valence-corrected chi connectivity index (χ4v) is 3.87. The van der Waals surface area contributed by atoms with Crippen LogP contribution < -0.4 is 16.1 Å². The van der Waals surface area contributed by atoms with Crippen LogP contribution in [0.25, 0.3) is 0 Å². The van der Waals surface area contributed by atoms with Crippen molar-refractivity contribution in [3.63, 3.8) is 0 Å². The molecule has 9 heteroatoms. The van der Waals surface area contributed by atoms with Gasteiger partial charge in [0, 0.05) is 24.3 Å². The number of carboxylic acid groups (broad SMARTS) is 1. The molecule has 1 aliphatic heterocycles. The Bertz CT molecular complexity index is 526. The molecule has 1 aromatic rings. The molecule has 1 aliphatic rings. The summed E-state index contributed by atoms with van der Waals surface area (Å²) < 4.78 is 11.3. The highest BCUT2D eigenvalue weighted by atomic mass is 32.2. The number of hydroxylamine groups is 1. The first-order valence-electron chi connectivity index (χ1n) is 9.55. The van der Waals surface area contributed by atoms with Gasteiger partial charge in [0.25, 0.3) is 0 Å². The van der Waals surface area contributed by atoms with Crippen LogP contribution in [0.15, 0.2) is 29.2 Å². The number of thioether (sulfide) groups is 1. The summed E-state index contributed by atoms with van der Waals surface area (Å²) in [5.41, 5.74) is 2.13. The minimum Gasteiger partial charge on any atom is -0.490 e. The first-order valence-corrected chi connectivity index (χ1v) is 10.4. The maximum atomic E-state index is 11.5. The number of rotatable bonds is 12. The molecular weight excluding hydrogens is 384 g/mol. The standard InChI is InChI=1S/C19H29NO5S.H3NO/c21-19(22)18(5-3-1-2-4-12-20-23)26-17-8-6-15(7-9-17)25-16-10-13-24-14-11-16;1-2/h6-9,16,18,20,23H,1-5,10-14H2,(H,21,22);2H,1H2. The van der Waals surface area contributed by atoms with E-state index in [1.54, 1.807) is 0 Å². The van der Waals surface area contributed by atoms with Gasteiger partial charge in [-0.3, -0.25) is 4.79 Å². The summed E-state index contributed by atoms with van der Waals surface area (Å²) in [6, 6.07) is 7.70. The molecule has 0 bridgehead atoms. The lowest BCUT2D eigenvalue weighted by Crippen LogP contribution is -2.25. The number of nitrogens with one attached hydrogen (secondary N) is 1. The zero-order valence-corrected chi connectivity index (χ0v) is 16.9. The van der Waals surface area contributed by atoms with E-state index in [-0.39, 0.29) is 6.10 Å². The molecule has 28 heavy (non-hydrogen) atoms. The van der Waals surface area contributed by atoms with Crippen molar-refractivity contribution in [2.75, 3.05) is 19.8 Å². The maximum Gasteiger partial charge on any atom is 0.316 e. The number of nitrogens with two attached hydrogens (primary N) is 1. The predicted octanol–water partition coefficient (Wildman–Crippen LogP) is 3.05. The Morgan fingerprint density at radius 1 is 1.18 bits per heavy atom. The summed E-state index contributed by atoms with van der Waals surface area (Å²) in [7, 11) is 0. The SMILES string of the molecule is NO.O=C(O)C(CCCCCCNO)Sc1ccc(OC2CCOCC2)cc1. The van der Waals surface area contributed by atoms with E-state index in [1.807, 2.05) is 24.3 Å². The molecule has 0 spiro atoms. The fourth-order valence-electron chi connectivity index (χ4n) is 2.87. The van der Waals surface area contributed by atoms with Crippen LogP contribution in [0.5, 0.6) is 5.75 Å². The Hall–Kier alpha value is -1.36. The number of hydrogen-bond acceptors (Lipinski definition) is 8. The molecule has 1 unspecified atom stereocenters. The van der Waals surface area contributed by atoms with E-state index < -0.39 is 11.2 Å². The largest absolute Gasteiger partial charge is 0.490 e. The van der Waals surface area contributed by atoms with Crippen LogP contribution in [0.4, 0.5) is 0 Å². The van der Waals surface area contributed by atoms with Gasteiger partial charge < -0.3 is 25.0 Å². The molecule has 160 valence electrons. The third-order valence-corrected chi connectivity index (χ3v) is 5.62. The van der Waals surface area contributed by atoms with Crippen LogP contribution in [-0.4, -0.2) is 52.6 Å². The Labute approximate surface area is 170 Å². The third-order valence-electron chi connectivity index (χ3n) is 4.35. The Balaban J connectivity index is 0.00000190. The molecule has 0 aliphatic carbocycles. The van der Waals surface area contributed by atoms with E-state index in [1.165, 1.54) is 11.8 Å². The van der Waals surface area contributed by atoms with E-state index in [0.717, 1.165) is 62.4 Å². The monoisotopic (exact) mass is 416 g/mol. The molecule has 6 N–H and O–H groups in total. The van der Waals surface area contributed by atoms with Crippen molar-refractivity contribution in [3.05, 3.63) is 24.3 Å². The van der Waals surface area contributed by atoms with Crippen molar-refractivity contribution in [2.24, 2.45) is 5.90 Å². The lowest BCUT2D eigenvalue weighted by Gasteiger charge is -2.23. The van der Waals surface area contributed by atoms with Gasteiger partial charge in [0.1, 0.15) is 17.1 Å². The smallest absolute Gasteiger partial charge is 0.316 e. The quantitative estimate of drug-likeness (QED) is 0.198. The summed E-state index contributed by atoms with van der Waals surface area (Å²) in [5, 5.41) is 24.0. The lowest BCUT2D eigenvalue weighted by atomic mass is 10.1. The summed E-state index contributed by atoms with van der Waals surface area (Å²) in [6.45, 7) is 2.07. The van der Waals surface area contributed by atoms with Crippen molar-refractivity contribution >= 4 is 17.7 Å². The first-order chi connectivity index (χ1) is 13.7. The van der Waals surface area contributed by atoms with Crippen LogP contribution in [0.3, 0.4) is 0 Å². The van der Waals surface area contributed by atoms with Crippen LogP contribution in [0.2, 0.25) is 0 Å². The topological polar surface area (TPSA) is 134 Å². The molecule has 1 atom stereocenters. The number of hydrogen-bond donors (Lipinski definition) is 5. The molecule has 1 saturated heterocycles. The van der Waals surface area contributed by atoms with Gasteiger partial charge in [-0.05, 0) is 37.1 Å². The second-order valence-corrected chi connectivity index (χ2v) is 7.73. The van der Waals surface area contributed by atoms with Crippen molar-refractivity contribution in [1.82, 2.24) is 5.48 Å². The number of aliphatic carboxylic acids is 1. The minimum atomic E-state index is -0.769. The third kappa shape index (κ3) is 10.3. The van der Waals surface area contributed by atoms with Gasteiger partial charge in [-0.25, -0.2) is 11.4 Å².